The molecule has 1 amide bonds. The van der Waals surface area contributed by atoms with Crippen molar-refractivity contribution in [3.8, 4) is 11.4 Å². The molecule has 0 unspecified atom stereocenters. The van der Waals surface area contributed by atoms with Crippen LogP contribution in [0.2, 0.25) is 0 Å². The Balaban J connectivity index is 1.35. The first kappa shape index (κ1) is 20.3. The summed E-state index contributed by atoms with van der Waals surface area (Å²) in [5.74, 6) is 1.87. The molecule has 4 heterocycles. The number of rotatable bonds is 3. The summed E-state index contributed by atoms with van der Waals surface area (Å²) in [6, 6.07) is 13.9. The van der Waals surface area contributed by atoms with Gasteiger partial charge in [0.05, 0.1) is 10.9 Å². The minimum atomic E-state index is 0.0495. The number of pyridine rings is 1. The number of fused-ring (bicyclic) bond motifs is 3. The summed E-state index contributed by atoms with van der Waals surface area (Å²) in [5, 5.41) is 1.24. The third-order valence-corrected chi connectivity index (χ3v) is 7.79. The van der Waals surface area contributed by atoms with Crippen LogP contribution in [0.4, 0.5) is 5.82 Å². The zero-order valence-electron chi connectivity index (χ0n) is 18.4. The van der Waals surface area contributed by atoms with Gasteiger partial charge in [-0.3, -0.25) is 9.78 Å². The van der Waals surface area contributed by atoms with Crippen molar-refractivity contribution in [2.75, 3.05) is 31.1 Å². The fourth-order valence-corrected chi connectivity index (χ4v) is 6.13. The van der Waals surface area contributed by atoms with Gasteiger partial charge in [0.25, 0.3) is 5.91 Å². The summed E-state index contributed by atoms with van der Waals surface area (Å²) in [6.07, 6.45) is 8.07. The highest BCUT2D eigenvalue weighted by molar-refractivity contribution is 7.19. The lowest BCUT2D eigenvalue weighted by Crippen LogP contribution is -2.49. The highest BCUT2D eigenvalue weighted by Crippen LogP contribution is 2.41. The minimum absolute atomic E-state index is 0.0495. The Morgan fingerprint density at radius 2 is 1.73 bits per heavy atom. The second-order valence-corrected chi connectivity index (χ2v) is 9.73. The number of thiophene rings is 1. The van der Waals surface area contributed by atoms with Crippen LogP contribution >= 0.6 is 11.3 Å². The summed E-state index contributed by atoms with van der Waals surface area (Å²) < 4.78 is 0. The first-order valence-electron chi connectivity index (χ1n) is 11.6. The van der Waals surface area contributed by atoms with E-state index in [0.717, 1.165) is 48.0 Å². The molecule has 0 atom stereocenters. The Hall–Kier alpha value is -3.32. The van der Waals surface area contributed by atoms with Crippen LogP contribution in [-0.2, 0) is 12.8 Å². The molecule has 0 N–H and O–H groups in total. The molecule has 33 heavy (non-hydrogen) atoms. The summed E-state index contributed by atoms with van der Waals surface area (Å²) >= 11 is 1.84. The molecule has 0 bridgehead atoms. The van der Waals surface area contributed by atoms with Crippen molar-refractivity contribution in [3.05, 3.63) is 70.9 Å². The molecule has 7 heteroatoms. The molecule has 3 aromatic heterocycles. The van der Waals surface area contributed by atoms with Gasteiger partial charge < -0.3 is 9.80 Å². The van der Waals surface area contributed by atoms with Gasteiger partial charge in [0.2, 0.25) is 0 Å². The summed E-state index contributed by atoms with van der Waals surface area (Å²) in [5.41, 5.74) is 3.13. The predicted octanol–water partition coefficient (Wildman–Crippen LogP) is 4.59. The van der Waals surface area contributed by atoms with Gasteiger partial charge in [-0.05, 0) is 43.4 Å². The quantitative estimate of drug-likeness (QED) is 0.452. The molecular formula is C26H25N5OS. The average molecular weight is 456 g/mol. The second-order valence-electron chi connectivity index (χ2n) is 8.65. The number of piperazine rings is 1. The lowest BCUT2D eigenvalue weighted by Gasteiger charge is -2.36. The third kappa shape index (κ3) is 3.76. The Morgan fingerprint density at radius 1 is 0.909 bits per heavy atom. The van der Waals surface area contributed by atoms with E-state index in [9.17, 15) is 4.79 Å². The molecule has 6 nitrogen and oxygen atoms in total. The van der Waals surface area contributed by atoms with Gasteiger partial charge in [-0.25, -0.2) is 9.97 Å². The van der Waals surface area contributed by atoms with E-state index in [1.807, 2.05) is 46.6 Å². The van der Waals surface area contributed by atoms with Crippen molar-refractivity contribution in [2.24, 2.45) is 0 Å². The van der Waals surface area contributed by atoms with Crippen LogP contribution in [-0.4, -0.2) is 51.9 Å². The fraction of sp³-hybridized carbons (Fsp3) is 0.308. The van der Waals surface area contributed by atoms with Crippen molar-refractivity contribution in [2.45, 2.75) is 25.7 Å². The molecular weight excluding hydrogens is 430 g/mol. The Kier molecular flexibility index (Phi) is 5.26. The molecule has 1 saturated heterocycles. The normalized spacial score (nSPS) is 16.1. The first-order valence-corrected chi connectivity index (χ1v) is 12.4. The van der Waals surface area contributed by atoms with Crippen molar-refractivity contribution < 1.29 is 4.79 Å². The van der Waals surface area contributed by atoms with Crippen LogP contribution in [0, 0.1) is 0 Å². The van der Waals surface area contributed by atoms with Crippen LogP contribution < -0.4 is 4.90 Å². The zero-order valence-corrected chi connectivity index (χ0v) is 19.2. The van der Waals surface area contributed by atoms with E-state index < -0.39 is 0 Å². The van der Waals surface area contributed by atoms with E-state index in [-0.39, 0.29) is 5.91 Å². The van der Waals surface area contributed by atoms with Crippen LogP contribution in [0.1, 0.15) is 33.6 Å². The lowest BCUT2D eigenvalue weighted by molar-refractivity contribution is 0.0746. The molecule has 6 rings (SSSR count). The van der Waals surface area contributed by atoms with Gasteiger partial charge in [-0.15, -0.1) is 11.3 Å². The Bertz CT molecular complexity index is 1300. The highest BCUT2D eigenvalue weighted by atomic mass is 32.1. The average Bonchev–Trinajstić information content (AvgIpc) is 3.27. The maximum atomic E-state index is 12.9. The van der Waals surface area contributed by atoms with Gasteiger partial charge in [0, 0.05) is 49.0 Å². The van der Waals surface area contributed by atoms with Crippen LogP contribution in [0.25, 0.3) is 21.6 Å². The van der Waals surface area contributed by atoms with E-state index in [4.69, 9.17) is 9.97 Å². The molecule has 4 aromatic rings. The van der Waals surface area contributed by atoms with Crippen molar-refractivity contribution >= 4 is 33.3 Å². The minimum Gasteiger partial charge on any atom is -0.352 e. The molecule has 1 fully saturated rings. The number of amides is 1. The van der Waals surface area contributed by atoms with Crippen molar-refractivity contribution in [1.82, 2.24) is 19.9 Å². The standard InChI is InChI=1S/C26H25N5OS/c32-26(19-9-6-12-27-17-19)31-15-13-30(14-16-31)24-22-20-10-4-5-11-21(20)33-25(22)29-23(28-24)18-7-2-1-3-8-18/h1-3,6-9,12,17H,4-5,10-11,13-16H2. The zero-order chi connectivity index (χ0) is 22.2. The topological polar surface area (TPSA) is 62.2 Å². The second kappa shape index (κ2) is 8.56. The Morgan fingerprint density at radius 3 is 2.52 bits per heavy atom. The van der Waals surface area contributed by atoms with Crippen LogP contribution in [0.15, 0.2) is 54.9 Å². The SMILES string of the molecule is O=C(c1cccnc1)N1CCN(c2nc(-c3ccccc3)nc3sc4c(c23)CCCC4)CC1. The van der Waals surface area contributed by atoms with Gasteiger partial charge in [0.1, 0.15) is 10.6 Å². The number of aromatic nitrogens is 3. The maximum Gasteiger partial charge on any atom is 0.255 e. The monoisotopic (exact) mass is 455 g/mol. The third-order valence-electron chi connectivity index (χ3n) is 6.60. The largest absolute Gasteiger partial charge is 0.352 e. The number of benzene rings is 1. The summed E-state index contributed by atoms with van der Waals surface area (Å²) in [6.45, 7) is 2.87. The van der Waals surface area contributed by atoms with E-state index in [1.165, 1.54) is 28.7 Å². The molecule has 1 aromatic carbocycles. The van der Waals surface area contributed by atoms with E-state index in [1.54, 1.807) is 12.4 Å². The maximum absolute atomic E-state index is 12.9. The van der Waals surface area contributed by atoms with E-state index >= 15 is 0 Å². The van der Waals surface area contributed by atoms with Crippen LogP contribution in [0.3, 0.4) is 0 Å². The predicted molar refractivity (Wildman–Crippen MR) is 132 cm³/mol. The molecule has 1 aliphatic heterocycles. The van der Waals surface area contributed by atoms with Crippen molar-refractivity contribution in [3.63, 3.8) is 0 Å². The smallest absolute Gasteiger partial charge is 0.255 e. The number of nitrogens with zero attached hydrogens (tertiary/aromatic N) is 5. The van der Waals surface area contributed by atoms with Gasteiger partial charge in [-0.2, -0.15) is 0 Å². The van der Waals surface area contributed by atoms with Crippen LogP contribution in [0.5, 0.6) is 0 Å². The molecule has 0 radical (unpaired) electrons. The fourth-order valence-electron chi connectivity index (χ4n) is 4.88. The number of anilines is 1. The Labute approximate surface area is 196 Å². The molecule has 2 aliphatic rings. The lowest BCUT2D eigenvalue weighted by atomic mass is 9.96. The van der Waals surface area contributed by atoms with Gasteiger partial charge >= 0.3 is 0 Å². The summed E-state index contributed by atoms with van der Waals surface area (Å²) in [4.78, 5) is 33.9. The van der Waals surface area contributed by atoms with E-state index in [2.05, 4.69) is 22.0 Å². The number of hydrogen-bond donors (Lipinski definition) is 0. The van der Waals surface area contributed by atoms with E-state index in [0.29, 0.717) is 18.7 Å². The van der Waals surface area contributed by atoms with Gasteiger partial charge in [-0.1, -0.05) is 30.3 Å². The molecule has 1 aliphatic carbocycles. The molecule has 0 saturated carbocycles. The molecule has 166 valence electrons. The molecule has 0 spiro atoms. The number of carbonyl (C=O) groups excluding carboxylic acids is 1. The first-order chi connectivity index (χ1) is 16.3. The number of carbonyl (C=O) groups is 1. The van der Waals surface area contributed by atoms with Gasteiger partial charge in [0.15, 0.2) is 5.82 Å². The highest BCUT2D eigenvalue weighted by Gasteiger charge is 2.28. The number of hydrogen-bond acceptors (Lipinski definition) is 6. The summed E-state index contributed by atoms with van der Waals surface area (Å²) in [7, 11) is 0. The van der Waals surface area contributed by atoms with Crippen molar-refractivity contribution in [1.29, 1.82) is 0 Å². The number of aryl methyl sites for hydroxylation is 2.